The quantitative estimate of drug-likeness (QED) is 0.123. The van der Waals surface area contributed by atoms with E-state index >= 15 is 0 Å². The van der Waals surface area contributed by atoms with E-state index in [0.29, 0.717) is 6.61 Å². The van der Waals surface area contributed by atoms with Crippen LogP contribution in [0.1, 0.15) is 32.8 Å². The molecule has 0 fully saturated rings. The largest absolute Gasteiger partial charge is 0.467 e. The number of esters is 1. The number of nitrogens with zero attached hydrogens (tertiary/aromatic N) is 2. The van der Waals surface area contributed by atoms with Crippen LogP contribution in [-0.2, 0) is 25.7 Å². The summed E-state index contributed by atoms with van der Waals surface area (Å²) in [7, 11) is 1.26. The normalized spacial score (nSPS) is 11.6. The van der Waals surface area contributed by atoms with Crippen molar-refractivity contribution >= 4 is 18.1 Å². The number of carbonyl (C=O) groups is 1. The van der Waals surface area contributed by atoms with Gasteiger partial charge in [-0.3, -0.25) is 10.1 Å². The third kappa shape index (κ3) is 7.68. The average molecular weight is 340 g/mol. The molecule has 1 aromatic carbocycles. The van der Waals surface area contributed by atoms with Crippen molar-refractivity contribution in [2.24, 2.45) is 4.99 Å². The lowest BCUT2D eigenvalue weighted by Crippen LogP contribution is -2.23. The van der Waals surface area contributed by atoms with Gasteiger partial charge in [0, 0.05) is 18.6 Å². The first-order valence-electron chi connectivity index (χ1n) is 7.19. The van der Waals surface area contributed by atoms with Crippen LogP contribution in [-0.4, -0.2) is 37.1 Å². The molecule has 0 heterocycles. The zero-order valence-corrected chi connectivity index (χ0v) is 13.1. The fourth-order valence-electron chi connectivity index (χ4n) is 1.69. The van der Waals surface area contributed by atoms with Crippen LogP contribution in [0, 0.1) is 10.1 Å². The topological polar surface area (TPSA) is 100 Å². The first kappa shape index (κ1) is 21.5. The molecule has 0 N–H and O–H groups in total. The summed E-state index contributed by atoms with van der Waals surface area (Å²) < 4.78 is 4.68. The number of nitro groups is 1. The van der Waals surface area contributed by atoms with E-state index in [0.717, 1.165) is 24.8 Å². The number of benzene rings is 1. The summed E-state index contributed by atoms with van der Waals surface area (Å²) in [6.45, 7) is 2.46. The highest BCUT2D eigenvalue weighted by Gasteiger charge is 2.18. The monoisotopic (exact) mass is 340 g/mol. The Kier molecular flexibility index (Phi) is 10.8. The van der Waals surface area contributed by atoms with E-state index in [4.69, 9.17) is 9.78 Å². The summed E-state index contributed by atoms with van der Waals surface area (Å²) in [5.41, 5.74) is 0.703. The molecule has 0 unspecified atom stereocenters. The zero-order valence-electron chi connectivity index (χ0n) is 13.1. The first-order valence-corrected chi connectivity index (χ1v) is 7.19. The molecule has 24 heavy (non-hydrogen) atoms. The van der Waals surface area contributed by atoms with E-state index < -0.39 is 16.9 Å². The first-order chi connectivity index (χ1) is 11.1. The SMILES string of the molecule is C.CCCCOOC=N[C@@H](Cc1ccc([N+](=O)[O-])cc1)C(=O)OC. The Bertz CT molecular complexity index is 530. The highest BCUT2D eigenvalue weighted by Crippen LogP contribution is 2.14. The van der Waals surface area contributed by atoms with Crippen LogP contribution < -0.4 is 0 Å². The number of nitro benzene ring substituents is 1. The van der Waals surface area contributed by atoms with Crippen molar-refractivity contribution in [1.29, 1.82) is 0 Å². The van der Waals surface area contributed by atoms with Crippen LogP contribution in [0.15, 0.2) is 29.3 Å². The smallest absolute Gasteiger partial charge is 0.331 e. The lowest BCUT2D eigenvalue weighted by Gasteiger charge is -2.09. The van der Waals surface area contributed by atoms with E-state index in [9.17, 15) is 14.9 Å². The second-order valence-electron chi connectivity index (χ2n) is 4.69. The minimum absolute atomic E-state index is 0. The van der Waals surface area contributed by atoms with Gasteiger partial charge in [-0.05, 0) is 12.0 Å². The minimum atomic E-state index is -0.809. The Balaban J connectivity index is 0.00000529. The maximum Gasteiger partial charge on any atom is 0.331 e. The molecule has 1 aromatic rings. The van der Waals surface area contributed by atoms with Gasteiger partial charge in [0.15, 0.2) is 6.04 Å². The van der Waals surface area contributed by atoms with Gasteiger partial charge >= 0.3 is 5.97 Å². The second-order valence-corrected chi connectivity index (χ2v) is 4.69. The predicted octanol–water partition coefficient (Wildman–Crippen LogP) is 3.09. The van der Waals surface area contributed by atoms with Gasteiger partial charge in [0.1, 0.15) is 0 Å². The van der Waals surface area contributed by atoms with Crippen LogP contribution in [0.3, 0.4) is 0 Å². The fraction of sp³-hybridized carbons (Fsp3) is 0.500. The molecule has 0 spiro atoms. The number of hydrogen-bond acceptors (Lipinski definition) is 7. The lowest BCUT2D eigenvalue weighted by atomic mass is 10.1. The summed E-state index contributed by atoms with van der Waals surface area (Å²) in [4.78, 5) is 35.4. The van der Waals surface area contributed by atoms with Crippen molar-refractivity contribution in [3.63, 3.8) is 0 Å². The number of methoxy groups -OCH3 is 1. The number of non-ortho nitro benzene ring substituents is 1. The Morgan fingerprint density at radius 2 is 2.04 bits per heavy atom. The van der Waals surface area contributed by atoms with Gasteiger partial charge < -0.3 is 9.62 Å². The fourth-order valence-corrected chi connectivity index (χ4v) is 1.69. The molecule has 0 saturated heterocycles. The molecule has 0 aromatic heterocycles. The molecule has 0 aliphatic carbocycles. The predicted molar refractivity (Wildman–Crippen MR) is 89.8 cm³/mol. The van der Waals surface area contributed by atoms with Crippen LogP contribution in [0.5, 0.6) is 0 Å². The number of carbonyl (C=O) groups excluding carboxylic acids is 1. The number of ether oxygens (including phenoxy) is 1. The molecule has 1 atom stereocenters. The van der Waals surface area contributed by atoms with Crippen molar-refractivity contribution in [2.75, 3.05) is 13.7 Å². The summed E-state index contributed by atoms with van der Waals surface area (Å²) >= 11 is 0. The van der Waals surface area contributed by atoms with Gasteiger partial charge in [0.25, 0.3) is 5.69 Å². The number of hydrogen-bond donors (Lipinski definition) is 0. The highest BCUT2D eigenvalue weighted by molar-refractivity contribution is 5.77. The Morgan fingerprint density at radius 3 is 2.58 bits per heavy atom. The Labute approximate surface area is 141 Å². The van der Waals surface area contributed by atoms with Gasteiger partial charge in [-0.25, -0.2) is 9.79 Å². The number of aliphatic imine (C=N–C) groups is 1. The Hall–Kier alpha value is -2.48. The van der Waals surface area contributed by atoms with Gasteiger partial charge in [0.05, 0.1) is 18.6 Å². The molecule has 0 bridgehead atoms. The van der Waals surface area contributed by atoms with E-state index in [2.05, 4.69) is 9.73 Å². The average Bonchev–Trinajstić information content (AvgIpc) is 2.56. The van der Waals surface area contributed by atoms with E-state index in [1.54, 1.807) is 12.1 Å². The van der Waals surface area contributed by atoms with Gasteiger partial charge in [0.2, 0.25) is 6.40 Å². The highest BCUT2D eigenvalue weighted by atomic mass is 17.2. The molecular weight excluding hydrogens is 316 g/mol. The molecule has 0 amide bonds. The molecule has 8 nitrogen and oxygen atoms in total. The molecular formula is C16H24N2O6. The van der Waals surface area contributed by atoms with Crippen molar-refractivity contribution in [1.82, 2.24) is 0 Å². The van der Waals surface area contributed by atoms with E-state index in [1.807, 2.05) is 6.92 Å². The van der Waals surface area contributed by atoms with Crippen LogP contribution >= 0.6 is 0 Å². The lowest BCUT2D eigenvalue weighted by molar-refractivity contribution is -0.384. The second kappa shape index (κ2) is 12.0. The third-order valence-electron chi connectivity index (χ3n) is 2.98. The molecule has 0 aliphatic rings. The van der Waals surface area contributed by atoms with Crippen LogP contribution in [0.2, 0.25) is 0 Å². The Morgan fingerprint density at radius 1 is 1.38 bits per heavy atom. The van der Waals surface area contributed by atoms with Crippen molar-refractivity contribution in [3.05, 3.63) is 39.9 Å². The summed E-state index contributed by atoms with van der Waals surface area (Å²) in [6, 6.07) is 5.08. The molecule has 1 rings (SSSR count). The summed E-state index contributed by atoms with van der Waals surface area (Å²) in [5.74, 6) is -0.531. The van der Waals surface area contributed by atoms with Crippen molar-refractivity contribution in [3.8, 4) is 0 Å². The third-order valence-corrected chi connectivity index (χ3v) is 2.98. The van der Waals surface area contributed by atoms with Gasteiger partial charge in [-0.1, -0.05) is 32.9 Å². The molecule has 0 radical (unpaired) electrons. The van der Waals surface area contributed by atoms with Crippen LogP contribution in [0.4, 0.5) is 5.69 Å². The molecule has 0 aliphatic heterocycles. The maximum atomic E-state index is 11.7. The van der Waals surface area contributed by atoms with Crippen LogP contribution in [0.25, 0.3) is 0 Å². The molecule has 8 heteroatoms. The zero-order chi connectivity index (χ0) is 17.1. The van der Waals surface area contributed by atoms with Gasteiger partial charge in [-0.2, -0.15) is 4.89 Å². The standard InChI is InChI=1S/C15H20N2O6.CH4/c1-3-4-9-22-23-11-16-14(15(18)21-2)10-12-5-7-13(8-6-12)17(19)20;/h5-8,11,14H,3-4,9-10H2,1-2H3;1H4/t14-;/m0./s1. The van der Waals surface area contributed by atoms with Gasteiger partial charge in [-0.15, -0.1) is 0 Å². The summed E-state index contributed by atoms with van der Waals surface area (Å²) in [5, 5.41) is 10.6. The van der Waals surface area contributed by atoms with Crippen molar-refractivity contribution < 1.29 is 24.2 Å². The van der Waals surface area contributed by atoms with E-state index in [1.165, 1.54) is 19.2 Å². The number of unbranched alkanes of at least 4 members (excludes halogenated alkanes) is 1. The molecule has 0 saturated carbocycles. The minimum Gasteiger partial charge on any atom is -0.467 e. The maximum absolute atomic E-state index is 11.7. The van der Waals surface area contributed by atoms with Crippen molar-refractivity contribution in [2.45, 2.75) is 39.7 Å². The summed E-state index contributed by atoms with van der Waals surface area (Å²) in [6.07, 6.45) is 3.13. The number of rotatable bonds is 10. The van der Waals surface area contributed by atoms with E-state index in [-0.39, 0.29) is 19.5 Å². The molecule has 134 valence electrons.